The van der Waals surface area contributed by atoms with Crippen LogP contribution in [0.25, 0.3) is 15.8 Å². The van der Waals surface area contributed by atoms with E-state index < -0.39 is 17.2 Å². The highest BCUT2D eigenvalue weighted by Gasteiger charge is 2.18. The molecule has 7 nitrogen and oxygen atoms in total. The molecule has 0 unspecified atom stereocenters. The molecule has 130 valence electrons. The number of nitrogens with zero attached hydrogens (tertiary/aromatic N) is 3. The standard InChI is InChI=1S/C17H17N3O4S/c1-9(2)24-16(22)15-12-8-11(5-6-13(12)25-18-15)20-14(21)7-10(3)19(4)17(20)23/h5-9H,1-4H3. The van der Waals surface area contributed by atoms with Crippen molar-refractivity contribution in [3.63, 3.8) is 0 Å². The van der Waals surface area contributed by atoms with Gasteiger partial charge in [-0.1, -0.05) is 0 Å². The lowest BCUT2D eigenvalue weighted by Gasteiger charge is -2.10. The molecule has 3 aromatic rings. The van der Waals surface area contributed by atoms with Gasteiger partial charge in [0, 0.05) is 24.2 Å². The van der Waals surface area contributed by atoms with Gasteiger partial charge >= 0.3 is 11.7 Å². The number of aryl methyl sites for hydroxylation is 1. The topological polar surface area (TPSA) is 83.2 Å². The zero-order chi connectivity index (χ0) is 18.3. The highest BCUT2D eigenvalue weighted by Crippen LogP contribution is 2.25. The van der Waals surface area contributed by atoms with E-state index in [-0.39, 0.29) is 11.8 Å². The SMILES string of the molecule is Cc1cc(=O)n(-c2ccc3snc(C(=O)OC(C)C)c3c2)c(=O)n1C. The number of benzene rings is 1. The first-order chi connectivity index (χ1) is 11.8. The van der Waals surface area contributed by atoms with E-state index in [1.807, 2.05) is 0 Å². The highest BCUT2D eigenvalue weighted by atomic mass is 32.1. The maximum atomic E-state index is 12.5. The fraction of sp³-hybridized carbons (Fsp3) is 0.294. The molecule has 8 heteroatoms. The van der Waals surface area contributed by atoms with Crippen LogP contribution in [0.5, 0.6) is 0 Å². The summed E-state index contributed by atoms with van der Waals surface area (Å²) in [5, 5.41) is 0.558. The van der Waals surface area contributed by atoms with Crippen LogP contribution in [0.15, 0.2) is 33.9 Å². The van der Waals surface area contributed by atoms with Crippen molar-refractivity contribution in [2.75, 3.05) is 0 Å². The smallest absolute Gasteiger partial charge is 0.358 e. The Kier molecular flexibility index (Phi) is 4.30. The zero-order valence-electron chi connectivity index (χ0n) is 14.3. The lowest BCUT2D eigenvalue weighted by Crippen LogP contribution is -2.38. The summed E-state index contributed by atoms with van der Waals surface area (Å²) >= 11 is 1.17. The van der Waals surface area contributed by atoms with Crippen LogP contribution in [0.1, 0.15) is 30.0 Å². The normalized spacial score (nSPS) is 11.2. The Morgan fingerprint density at radius 2 is 1.96 bits per heavy atom. The van der Waals surface area contributed by atoms with Gasteiger partial charge in [-0.3, -0.25) is 4.79 Å². The number of carbonyl (C=O) groups excluding carboxylic acids is 1. The zero-order valence-corrected chi connectivity index (χ0v) is 15.1. The molecule has 0 atom stereocenters. The van der Waals surface area contributed by atoms with E-state index in [0.29, 0.717) is 16.8 Å². The number of hydrogen-bond donors (Lipinski definition) is 0. The molecule has 0 radical (unpaired) electrons. The Labute approximate surface area is 147 Å². The Morgan fingerprint density at radius 3 is 2.64 bits per heavy atom. The predicted octanol–water partition coefficient (Wildman–Crippen LogP) is 2.02. The van der Waals surface area contributed by atoms with E-state index in [1.165, 1.54) is 22.2 Å². The van der Waals surface area contributed by atoms with Crippen molar-refractivity contribution in [2.24, 2.45) is 7.05 Å². The third-order valence-corrected chi connectivity index (χ3v) is 4.63. The summed E-state index contributed by atoms with van der Waals surface area (Å²) in [6.45, 7) is 5.21. The Bertz CT molecular complexity index is 1090. The van der Waals surface area contributed by atoms with Gasteiger partial charge < -0.3 is 9.30 Å². The van der Waals surface area contributed by atoms with Gasteiger partial charge in [0.2, 0.25) is 0 Å². The van der Waals surface area contributed by atoms with Gasteiger partial charge in [-0.05, 0) is 50.5 Å². The molecule has 0 aliphatic heterocycles. The summed E-state index contributed by atoms with van der Waals surface area (Å²) in [5.41, 5.74) is 0.281. The monoisotopic (exact) mass is 359 g/mol. The van der Waals surface area contributed by atoms with Gasteiger partial charge in [0.25, 0.3) is 5.56 Å². The summed E-state index contributed by atoms with van der Waals surface area (Å²) in [7, 11) is 1.60. The summed E-state index contributed by atoms with van der Waals surface area (Å²) < 4.78 is 12.6. The average molecular weight is 359 g/mol. The second-order valence-corrected chi connectivity index (χ2v) is 6.77. The number of rotatable bonds is 3. The van der Waals surface area contributed by atoms with Gasteiger partial charge in [0.05, 0.1) is 16.5 Å². The van der Waals surface area contributed by atoms with Crippen molar-refractivity contribution in [2.45, 2.75) is 26.9 Å². The van der Waals surface area contributed by atoms with E-state index in [2.05, 4.69) is 4.37 Å². The third-order valence-electron chi connectivity index (χ3n) is 3.81. The van der Waals surface area contributed by atoms with Crippen LogP contribution >= 0.6 is 11.5 Å². The summed E-state index contributed by atoms with van der Waals surface area (Å²) in [6.07, 6.45) is -0.264. The van der Waals surface area contributed by atoms with Crippen LogP contribution in [0.3, 0.4) is 0 Å². The van der Waals surface area contributed by atoms with Gasteiger partial charge in [0.15, 0.2) is 5.69 Å². The summed E-state index contributed by atoms with van der Waals surface area (Å²) in [6, 6.07) is 6.41. The van der Waals surface area contributed by atoms with Crippen molar-refractivity contribution in [3.8, 4) is 5.69 Å². The van der Waals surface area contributed by atoms with E-state index >= 15 is 0 Å². The molecule has 2 aromatic heterocycles. The predicted molar refractivity (Wildman–Crippen MR) is 95.7 cm³/mol. The molecule has 3 rings (SSSR count). The molecule has 2 heterocycles. The lowest BCUT2D eigenvalue weighted by atomic mass is 10.2. The first kappa shape index (κ1) is 17.1. The fourth-order valence-corrected chi connectivity index (χ4v) is 3.20. The molecular formula is C17H17N3O4S. The van der Waals surface area contributed by atoms with Crippen LogP contribution in [-0.4, -0.2) is 25.6 Å². The second-order valence-electron chi connectivity index (χ2n) is 5.97. The number of aromatic nitrogens is 3. The van der Waals surface area contributed by atoms with Gasteiger partial charge in [-0.15, -0.1) is 0 Å². The molecule has 0 amide bonds. The van der Waals surface area contributed by atoms with Crippen molar-refractivity contribution < 1.29 is 9.53 Å². The van der Waals surface area contributed by atoms with E-state index in [9.17, 15) is 14.4 Å². The minimum Gasteiger partial charge on any atom is -0.458 e. The van der Waals surface area contributed by atoms with E-state index in [0.717, 1.165) is 9.27 Å². The summed E-state index contributed by atoms with van der Waals surface area (Å²) in [4.78, 5) is 37.0. The summed E-state index contributed by atoms with van der Waals surface area (Å²) in [5.74, 6) is -0.525. The second kappa shape index (κ2) is 6.29. The minimum atomic E-state index is -0.525. The van der Waals surface area contributed by atoms with Crippen LogP contribution in [-0.2, 0) is 11.8 Å². The molecule has 1 aromatic carbocycles. The third kappa shape index (κ3) is 3.00. The van der Waals surface area contributed by atoms with Crippen molar-refractivity contribution >= 4 is 27.6 Å². The fourth-order valence-electron chi connectivity index (χ4n) is 2.46. The Morgan fingerprint density at radius 1 is 1.24 bits per heavy atom. The van der Waals surface area contributed by atoms with Crippen LogP contribution in [0, 0.1) is 6.92 Å². The molecule has 0 aliphatic carbocycles. The largest absolute Gasteiger partial charge is 0.458 e. The van der Waals surface area contributed by atoms with Crippen molar-refractivity contribution in [3.05, 3.63) is 56.5 Å². The number of hydrogen-bond acceptors (Lipinski definition) is 6. The molecule has 0 aliphatic rings. The van der Waals surface area contributed by atoms with Gasteiger partial charge in [-0.2, -0.15) is 4.37 Å². The molecule has 0 saturated heterocycles. The molecule has 0 N–H and O–H groups in total. The molecule has 25 heavy (non-hydrogen) atoms. The first-order valence-corrected chi connectivity index (χ1v) is 8.47. The maximum Gasteiger partial charge on any atom is 0.358 e. The lowest BCUT2D eigenvalue weighted by molar-refractivity contribution is 0.0375. The van der Waals surface area contributed by atoms with Crippen molar-refractivity contribution in [1.82, 2.24) is 13.5 Å². The Hall–Kier alpha value is -2.74. The maximum absolute atomic E-state index is 12.5. The first-order valence-electron chi connectivity index (χ1n) is 7.70. The molecule has 0 saturated carbocycles. The Balaban J connectivity index is 2.21. The quantitative estimate of drug-likeness (QED) is 0.668. The van der Waals surface area contributed by atoms with Crippen LogP contribution < -0.4 is 11.2 Å². The number of esters is 1. The number of fused-ring (bicyclic) bond motifs is 1. The van der Waals surface area contributed by atoms with Gasteiger partial charge in [-0.25, -0.2) is 14.2 Å². The molecular weight excluding hydrogens is 342 g/mol. The molecule has 0 fully saturated rings. The van der Waals surface area contributed by atoms with E-state index in [1.54, 1.807) is 46.0 Å². The average Bonchev–Trinajstić information content (AvgIpc) is 2.95. The van der Waals surface area contributed by atoms with E-state index in [4.69, 9.17) is 4.74 Å². The van der Waals surface area contributed by atoms with Crippen LogP contribution in [0.2, 0.25) is 0 Å². The molecule has 0 spiro atoms. The number of ether oxygens (including phenoxy) is 1. The molecule has 0 bridgehead atoms. The van der Waals surface area contributed by atoms with Gasteiger partial charge in [0.1, 0.15) is 0 Å². The minimum absolute atomic E-state index is 0.188. The highest BCUT2D eigenvalue weighted by molar-refractivity contribution is 7.13. The van der Waals surface area contributed by atoms with Crippen molar-refractivity contribution in [1.29, 1.82) is 0 Å². The van der Waals surface area contributed by atoms with Crippen LogP contribution in [0.4, 0.5) is 0 Å². The number of carbonyl (C=O) groups is 1.